The smallest absolute Gasteiger partial charge is 0.294 e. The van der Waals surface area contributed by atoms with Gasteiger partial charge in [0.25, 0.3) is 11.5 Å². The summed E-state index contributed by atoms with van der Waals surface area (Å²) in [5.74, 6) is -0.301. The number of thiophene rings is 1. The lowest BCUT2D eigenvalue weighted by atomic mass is 10.1. The number of fused-ring (bicyclic) bond motifs is 1. The normalized spacial score (nSPS) is 10.9. The third kappa shape index (κ3) is 3.44. The quantitative estimate of drug-likeness (QED) is 0.447. The van der Waals surface area contributed by atoms with E-state index < -0.39 is 5.91 Å². The van der Waals surface area contributed by atoms with E-state index in [1.54, 1.807) is 10.9 Å². The van der Waals surface area contributed by atoms with E-state index >= 15 is 0 Å². The maximum Gasteiger partial charge on any atom is 0.294 e. The lowest BCUT2D eigenvalue weighted by Gasteiger charge is -2.08. The summed E-state index contributed by atoms with van der Waals surface area (Å²) in [4.78, 5) is 31.1. The lowest BCUT2D eigenvalue weighted by Crippen LogP contribution is -2.33. The third-order valence-corrected chi connectivity index (χ3v) is 5.82. The van der Waals surface area contributed by atoms with Crippen LogP contribution in [0.4, 0.5) is 0 Å². The Morgan fingerprint density at radius 2 is 1.78 bits per heavy atom. The van der Waals surface area contributed by atoms with Gasteiger partial charge in [-0.1, -0.05) is 48.5 Å². The van der Waals surface area contributed by atoms with Gasteiger partial charge in [-0.25, -0.2) is 14.3 Å². The average molecular weight is 443 g/mol. The minimum absolute atomic E-state index is 0.0527. The number of hydrogen-bond donors (Lipinski definition) is 1. The molecular weight excluding hydrogens is 426 g/mol. The number of amides is 1. The van der Waals surface area contributed by atoms with Gasteiger partial charge in [0.1, 0.15) is 11.2 Å². The van der Waals surface area contributed by atoms with Crippen molar-refractivity contribution in [2.45, 2.75) is 0 Å². The lowest BCUT2D eigenvalue weighted by molar-refractivity contribution is 0.0999. The number of benzene rings is 2. The predicted molar refractivity (Wildman–Crippen MR) is 123 cm³/mol. The molecule has 0 spiro atoms. The molecule has 32 heavy (non-hydrogen) atoms. The maximum atomic E-state index is 13.2. The second kappa shape index (κ2) is 8.12. The molecule has 0 aliphatic rings. The van der Waals surface area contributed by atoms with E-state index in [9.17, 15) is 9.59 Å². The Bertz CT molecular complexity index is 1470. The van der Waals surface area contributed by atoms with Crippen LogP contribution < -0.4 is 15.7 Å². The summed E-state index contributed by atoms with van der Waals surface area (Å²) in [7, 11) is 1.46. The monoisotopic (exact) mass is 443 g/mol. The Labute approximate surface area is 186 Å². The van der Waals surface area contributed by atoms with Crippen molar-refractivity contribution in [1.82, 2.24) is 19.4 Å². The predicted octanol–water partition coefficient (Wildman–Crippen LogP) is 3.70. The van der Waals surface area contributed by atoms with Gasteiger partial charge in [-0.05, 0) is 17.7 Å². The van der Waals surface area contributed by atoms with Crippen molar-refractivity contribution in [3.63, 3.8) is 0 Å². The molecule has 8 nitrogen and oxygen atoms in total. The van der Waals surface area contributed by atoms with Crippen LogP contribution in [-0.4, -0.2) is 32.5 Å². The first kappa shape index (κ1) is 19.7. The fourth-order valence-corrected chi connectivity index (χ4v) is 4.29. The molecule has 0 fully saturated rings. The minimum Gasteiger partial charge on any atom is -0.493 e. The number of methoxy groups -OCH3 is 1. The summed E-state index contributed by atoms with van der Waals surface area (Å²) in [6.07, 6.45) is 2.91. The molecule has 158 valence electrons. The van der Waals surface area contributed by atoms with Crippen LogP contribution in [0.2, 0.25) is 0 Å². The summed E-state index contributed by atoms with van der Waals surface area (Å²) in [5.41, 5.74) is 4.72. The van der Waals surface area contributed by atoms with Crippen molar-refractivity contribution in [2.24, 2.45) is 0 Å². The number of carbonyl (C=O) groups is 1. The van der Waals surface area contributed by atoms with Crippen LogP contribution >= 0.6 is 11.3 Å². The van der Waals surface area contributed by atoms with Crippen LogP contribution in [0.25, 0.3) is 27.0 Å². The van der Waals surface area contributed by atoms with Gasteiger partial charge in [0.15, 0.2) is 11.4 Å². The zero-order valence-electron chi connectivity index (χ0n) is 16.9. The Morgan fingerprint density at radius 3 is 2.50 bits per heavy atom. The first-order valence-electron chi connectivity index (χ1n) is 9.70. The number of aromatic nitrogens is 4. The van der Waals surface area contributed by atoms with E-state index in [1.807, 2.05) is 66.0 Å². The molecule has 0 saturated carbocycles. The highest BCUT2D eigenvalue weighted by Crippen LogP contribution is 2.30. The number of hydrogen-bond acceptors (Lipinski definition) is 6. The highest BCUT2D eigenvalue weighted by atomic mass is 32.1. The van der Waals surface area contributed by atoms with Crippen LogP contribution in [0.15, 0.2) is 83.4 Å². The third-order valence-electron chi connectivity index (χ3n) is 4.94. The number of ether oxygens (including phenoxy) is 1. The van der Waals surface area contributed by atoms with Crippen molar-refractivity contribution < 1.29 is 9.53 Å². The Balaban J connectivity index is 1.51. The molecule has 9 heteroatoms. The molecule has 0 aliphatic carbocycles. The molecule has 0 unspecified atom stereocenters. The summed E-state index contributed by atoms with van der Waals surface area (Å²) >= 11 is 1.38. The van der Waals surface area contributed by atoms with Gasteiger partial charge in [-0.15, -0.1) is 11.3 Å². The highest BCUT2D eigenvalue weighted by molar-refractivity contribution is 7.17. The first-order chi connectivity index (χ1) is 15.7. The summed E-state index contributed by atoms with van der Waals surface area (Å²) in [6.45, 7) is 0. The van der Waals surface area contributed by atoms with E-state index in [-0.39, 0.29) is 17.0 Å². The van der Waals surface area contributed by atoms with Crippen LogP contribution in [-0.2, 0) is 0 Å². The van der Waals surface area contributed by atoms with Crippen molar-refractivity contribution in [3.8, 4) is 22.6 Å². The zero-order valence-corrected chi connectivity index (χ0v) is 17.7. The minimum atomic E-state index is -0.587. The zero-order chi connectivity index (χ0) is 22.1. The van der Waals surface area contributed by atoms with Crippen molar-refractivity contribution in [3.05, 3.63) is 94.6 Å². The van der Waals surface area contributed by atoms with Crippen molar-refractivity contribution in [1.29, 1.82) is 0 Å². The van der Waals surface area contributed by atoms with E-state index in [2.05, 4.69) is 15.5 Å². The Kier molecular flexibility index (Phi) is 5.00. The molecule has 0 saturated heterocycles. The first-order valence-corrected chi connectivity index (χ1v) is 10.6. The molecule has 1 N–H and O–H groups in total. The van der Waals surface area contributed by atoms with Gasteiger partial charge < -0.3 is 4.74 Å². The number of para-hydroxylation sites is 1. The molecule has 0 atom stereocenters. The number of rotatable bonds is 5. The van der Waals surface area contributed by atoms with Crippen molar-refractivity contribution >= 4 is 27.5 Å². The summed E-state index contributed by atoms with van der Waals surface area (Å²) < 4.78 is 7.95. The molecule has 1 amide bonds. The Hall–Kier alpha value is -4.24. The second-order valence-corrected chi connectivity index (χ2v) is 7.74. The number of carbonyl (C=O) groups excluding carboxylic acids is 1. The molecule has 0 aliphatic heterocycles. The van der Waals surface area contributed by atoms with Gasteiger partial charge >= 0.3 is 0 Å². The molecule has 2 aromatic carbocycles. The SMILES string of the molecule is COc1cn(-c2ccccc2)nc1C(=O)Nn1cnc2scc(-c3ccccc3)c2c1=O. The topological polar surface area (TPSA) is 91.0 Å². The fraction of sp³-hybridized carbons (Fsp3) is 0.0435. The van der Waals surface area contributed by atoms with Crippen LogP contribution in [0.5, 0.6) is 5.75 Å². The van der Waals surface area contributed by atoms with Crippen LogP contribution in [0.3, 0.4) is 0 Å². The van der Waals surface area contributed by atoms with Gasteiger partial charge in [-0.2, -0.15) is 5.10 Å². The molecular formula is C23H17N5O3S. The second-order valence-electron chi connectivity index (χ2n) is 6.88. The van der Waals surface area contributed by atoms with E-state index in [4.69, 9.17) is 4.74 Å². The molecule has 5 aromatic rings. The average Bonchev–Trinajstić information content (AvgIpc) is 3.47. The molecule has 0 bridgehead atoms. The molecule has 5 rings (SSSR count). The summed E-state index contributed by atoms with van der Waals surface area (Å²) in [6, 6.07) is 18.9. The maximum absolute atomic E-state index is 13.2. The molecule has 3 aromatic heterocycles. The molecule has 3 heterocycles. The summed E-state index contributed by atoms with van der Waals surface area (Å²) in [5, 5.41) is 6.68. The fourth-order valence-electron chi connectivity index (χ4n) is 3.38. The van der Waals surface area contributed by atoms with Crippen LogP contribution in [0, 0.1) is 0 Å². The molecule has 0 radical (unpaired) electrons. The van der Waals surface area contributed by atoms with E-state index in [0.717, 1.165) is 21.5 Å². The number of nitrogens with one attached hydrogen (secondary N) is 1. The Morgan fingerprint density at radius 1 is 1.06 bits per heavy atom. The standard InChI is InChI=1S/C23H17N5O3S/c1-31-18-12-27(16-10-6-3-7-11-16)25-20(18)21(29)26-28-14-24-22-19(23(28)30)17(13-32-22)15-8-4-2-5-9-15/h2-14H,1H3,(H,26,29). The largest absolute Gasteiger partial charge is 0.493 e. The van der Waals surface area contributed by atoms with Crippen molar-refractivity contribution in [2.75, 3.05) is 12.5 Å². The van der Waals surface area contributed by atoms with Gasteiger partial charge in [-0.3, -0.25) is 15.0 Å². The van der Waals surface area contributed by atoms with Gasteiger partial charge in [0, 0.05) is 10.9 Å². The van der Waals surface area contributed by atoms with E-state index in [0.29, 0.717) is 10.2 Å². The number of nitrogens with zero attached hydrogens (tertiary/aromatic N) is 4. The van der Waals surface area contributed by atoms with Gasteiger partial charge in [0.05, 0.1) is 24.4 Å². The van der Waals surface area contributed by atoms with Crippen LogP contribution in [0.1, 0.15) is 10.5 Å². The van der Waals surface area contributed by atoms with Gasteiger partial charge in [0.2, 0.25) is 0 Å². The van der Waals surface area contributed by atoms with E-state index in [1.165, 1.54) is 24.8 Å². The highest BCUT2D eigenvalue weighted by Gasteiger charge is 2.20.